The van der Waals surface area contributed by atoms with E-state index in [9.17, 15) is 60.0 Å². The number of aliphatic hydroxyl groups is 6. The quantitative estimate of drug-likeness (QED) is 0.0664. The molecule has 6 aliphatic heterocycles. The van der Waals surface area contributed by atoms with E-state index in [0.717, 1.165) is 29.2 Å². The molecule has 0 spiro atoms. The number of nitrogens with one attached hydrogen (secondary N) is 7. The number of primary amides is 1. The predicted molar refractivity (Wildman–Crippen MR) is 369 cm³/mol. The molecule has 1 saturated heterocycles. The molecule has 1 fully saturated rings. The molecule has 33 heteroatoms. The van der Waals surface area contributed by atoms with Gasteiger partial charge in [-0.05, 0) is 179 Å². The number of nitrogens with two attached hydrogens (primary N) is 1. The van der Waals surface area contributed by atoms with Crippen LogP contribution in [0.1, 0.15) is 123 Å². The van der Waals surface area contributed by atoms with Crippen LogP contribution in [0.15, 0.2) is 78.9 Å². The average Bonchev–Trinajstić information content (AvgIpc) is 0.766. The van der Waals surface area contributed by atoms with Gasteiger partial charge in [0.25, 0.3) is 0 Å². The minimum absolute atomic E-state index is 0.0205. The molecule has 6 heterocycles. The van der Waals surface area contributed by atoms with Crippen LogP contribution in [-0.2, 0) is 47.8 Å². The van der Waals surface area contributed by atoms with E-state index in [-0.39, 0.29) is 85.7 Å². The van der Waals surface area contributed by atoms with Crippen molar-refractivity contribution in [3.8, 4) is 51.4 Å². The largest absolute Gasteiger partial charge is 0.508 e. The van der Waals surface area contributed by atoms with Gasteiger partial charge in [-0.1, -0.05) is 43.6 Å². The topological polar surface area (TPSA) is 478 Å². The number of halogens is 1. The SMILES string of the molecule is Cc1cc2ccc1Oc1cc3cc(c1O[C@@H]1O[C@H](CO)[C@@H](O)[C@H](O)[C@H]1O)Oc1ccc(cc1Cl)[C@@H](O)[C@@H]1NC(=O)[C@@H](NC(=O)[C@@H]3NC(=O)[C@H](CC(N)=O)NC(=O)[C@H](NC(=O)[C@@H](CC(C)C)N(C)C(=O)OC(C)(C)C)[C@@H]2O)c2ccc(O)c(c2)-c2c(C)cc(O)cc2[C@@H](C(=O)NCCCN(C)C)NC1=O. The number of aromatic hydroxyl groups is 2. The Morgan fingerprint density at radius 1 is 0.692 bits per heavy atom. The standard InChI is InChI=1S/C71H87ClN10O22/c1-30(2)20-42(82(10)70(99)104-71(5,6)7)63(93)79-54-56(87)34-13-16-44(31(3)21-34)100-46-25-36-26-47(61(46)103-69-60(91)59(90)58(89)48(29-83)102-69)101-45-17-14-35(24-40(45)72)57(88)55-68(98)78-53(64(94)74-18-11-19-81(8)9)39-27-37(84)22-32(4)50(39)38-23-33(12-15-43(38)85)51(65(95)80-55)77-66(96)52(36)76-62(92)41(28-49(73)86)75-67(54)97/h12-17,21-27,30,41-42,48,51-60,69,83-85,87-91H,11,18-20,28-29H2,1-10H3,(H2,73,86)(H,74,94)(H,75,97)(H,76,92)(H,77,96)(H,78,98)(H,79,93)(H,80,95)/t41-,42+,48+,51-,52+,53-,54+,55-,56+,57+,58+,59-,60+,69-/m0/s1. The summed E-state index contributed by atoms with van der Waals surface area (Å²) in [4.78, 5) is 137. The molecule has 11 bridgehead atoms. The molecule has 9 amide bonds. The van der Waals surface area contributed by atoms with Crippen molar-refractivity contribution in [3.63, 3.8) is 0 Å². The Labute approximate surface area is 602 Å². The first-order valence-electron chi connectivity index (χ1n) is 33.4. The summed E-state index contributed by atoms with van der Waals surface area (Å²) in [5.41, 5.74) is 4.11. The van der Waals surface area contributed by atoms with Crippen LogP contribution in [-0.4, -0.2) is 205 Å². The van der Waals surface area contributed by atoms with E-state index in [2.05, 4.69) is 37.2 Å². The number of nitrogens with zero attached hydrogens (tertiary/aromatic N) is 2. The van der Waals surface area contributed by atoms with Crippen LogP contribution in [0.25, 0.3) is 11.1 Å². The smallest absolute Gasteiger partial charge is 0.410 e. The molecule has 0 aromatic heterocycles. The zero-order chi connectivity index (χ0) is 76.2. The number of aryl methyl sites for hydroxylation is 2. The number of aliphatic hydroxyl groups excluding tert-OH is 6. The summed E-state index contributed by atoms with van der Waals surface area (Å²) >= 11 is 7.08. The van der Waals surface area contributed by atoms with Gasteiger partial charge >= 0.3 is 6.09 Å². The second-order valence-corrected chi connectivity index (χ2v) is 28.1. The third kappa shape index (κ3) is 17.8. The van der Waals surface area contributed by atoms with Crippen LogP contribution in [0, 0.1) is 19.8 Å². The molecular formula is C71H87ClN10O22. The van der Waals surface area contributed by atoms with Gasteiger partial charge in [-0.25, -0.2) is 4.79 Å². The van der Waals surface area contributed by atoms with Gasteiger partial charge in [-0.3, -0.25) is 43.3 Å². The van der Waals surface area contributed by atoms with Gasteiger partial charge in [0.2, 0.25) is 59.3 Å². The number of carbonyl (C=O) groups is 9. The van der Waals surface area contributed by atoms with Crippen molar-refractivity contribution in [2.75, 3.05) is 40.8 Å². The molecular weight excluding hydrogens is 1380 g/mol. The lowest BCUT2D eigenvalue weighted by atomic mass is 9.87. The number of phenolic OH excluding ortho intramolecular Hbond substituents is 2. The Balaban J connectivity index is 1.29. The van der Waals surface area contributed by atoms with E-state index >= 15 is 24.0 Å². The highest BCUT2D eigenvalue weighted by molar-refractivity contribution is 6.32. The van der Waals surface area contributed by atoms with Crippen molar-refractivity contribution in [1.82, 2.24) is 47.0 Å². The maximum Gasteiger partial charge on any atom is 0.410 e. The molecule has 0 radical (unpaired) electrons. The highest BCUT2D eigenvalue weighted by atomic mass is 35.5. The number of carbonyl (C=O) groups excluding carboxylic acids is 9. The Bertz CT molecular complexity index is 4130. The van der Waals surface area contributed by atoms with E-state index in [1.165, 1.54) is 75.5 Å². The third-order valence-electron chi connectivity index (χ3n) is 17.7. The fraction of sp³-hybridized carbons (Fsp3) is 0.451. The first-order valence-corrected chi connectivity index (χ1v) is 33.7. The summed E-state index contributed by atoms with van der Waals surface area (Å²) in [6.07, 6.45) is -15.5. The van der Waals surface area contributed by atoms with Gasteiger partial charge in [0.05, 0.1) is 18.1 Å². The summed E-state index contributed by atoms with van der Waals surface area (Å²) in [5, 5.41) is 110. The lowest BCUT2D eigenvalue weighted by Crippen LogP contribution is -2.60. The van der Waals surface area contributed by atoms with Crippen LogP contribution in [0.3, 0.4) is 0 Å². The van der Waals surface area contributed by atoms with E-state index < -0.39 is 186 Å². The molecule has 17 N–H and O–H groups in total. The van der Waals surface area contributed by atoms with E-state index in [4.69, 9.17) is 41.0 Å². The highest BCUT2D eigenvalue weighted by Gasteiger charge is 2.47. The fourth-order valence-corrected chi connectivity index (χ4v) is 12.6. The second-order valence-electron chi connectivity index (χ2n) is 27.7. The summed E-state index contributed by atoms with van der Waals surface area (Å²) in [6, 6.07) is 1.83. The van der Waals surface area contributed by atoms with E-state index in [1.54, 1.807) is 34.6 Å². The molecule has 6 aliphatic rings. The monoisotopic (exact) mass is 1470 g/mol. The molecule has 14 atom stereocenters. The molecule has 5 aromatic carbocycles. The number of hydrogen-bond acceptors (Lipinski definition) is 23. The maximum absolute atomic E-state index is 16.1. The van der Waals surface area contributed by atoms with Gasteiger partial charge < -0.3 is 112 Å². The number of amides is 9. The van der Waals surface area contributed by atoms with Crippen molar-refractivity contribution in [2.24, 2.45) is 11.7 Å². The number of phenols is 2. The Kier molecular flexibility index (Phi) is 24.4. The minimum atomic E-state index is -2.28. The number of hydrogen-bond donors (Lipinski definition) is 16. The van der Waals surface area contributed by atoms with Gasteiger partial charge in [-0.15, -0.1) is 0 Å². The Morgan fingerprint density at radius 2 is 1.32 bits per heavy atom. The zero-order valence-electron chi connectivity index (χ0n) is 58.6. The molecule has 0 unspecified atom stereocenters. The zero-order valence-corrected chi connectivity index (χ0v) is 59.3. The Hall–Kier alpha value is -9.90. The van der Waals surface area contributed by atoms with Gasteiger partial charge in [0.1, 0.15) is 108 Å². The number of benzene rings is 5. The highest BCUT2D eigenvalue weighted by Crippen LogP contribution is 2.49. The first-order chi connectivity index (χ1) is 48.9. The lowest BCUT2D eigenvalue weighted by Gasteiger charge is -2.39. The van der Waals surface area contributed by atoms with Gasteiger partial charge in [0.15, 0.2) is 11.5 Å². The Morgan fingerprint density at radius 3 is 1.94 bits per heavy atom. The number of fused-ring (bicyclic) bond motifs is 15. The van der Waals surface area contributed by atoms with Crippen LogP contribution >= 0.6 is 11.6 Å². The number of ether oxygens (including phenoxy) is 5. The average molecular weight is 1470 g/mol. The van der Waals surface area contributed by atoms with Crippen LogP contribution in [0.2, 0.25) is 5.02 Å². The lowest BCUT2D eigenvalue weighted by molar-refractivity contribution is -0.277. The van der Waals surface area contributed by atoms with Gasteiger partial charge in [0, 0.05) is 19.2 Å². The van der Waals surface area contributed by atoms with Crippen LogP contribution in [0.4, 0.5) is 4.79 Å². The normalized spacial score (nSPS) is 24.6. The van der Waals surface area contributed by atoms with Crippen molar-refractivity contribution in [3.05, 3.63) is 123 Å². The summed E-state index contributed by atoms with van der Waals surface area (Å²) in [7, 11) is 4.94. The minimum Gasteiger partial charge on any atom is -0.508 e. The number of rotatable bonds is 15. The second kappa shape index (κ2) is 32.4. The summed E-state index contributed by atoms with van der Waals surface area (Å²) in [6.45, 7) is 11.0. The molecule has 32 nitrogen and oxygen atoms in total. The van der Waals surface area contributed by atoms with Crippen molar-refractivity contribution >= 4 is 65.0 Å². The van der Waals surface area contributed by atoms with E-state index in [0.29, 0.717) is 13.0 Å². The maximum atomic E-state index is 16.1. The van der Waals surface area contributed by atoms with Crippen molar-refractivity contribution in [1.29, 1.82) is 0 Å². The molecule has 11 rings (SSSR count). The van der Waals surface area contributed by atoms with E-state index in [1.807, 2.05) is 19.0 Å². The van der Waals surface area contributed by atoms with Crippen molar-refractivity contribution < 1.29 is 108 Å². The number of likely N-dealkylation sites (N-methyl/N-ethyl adjacent to an activating group) is 1. The van der Waals surface area contributed by atoms with Crippen LogP contribution < -0.4 is 57.2 Å². The third-order valence-corrected chi connectivity index (χ3v) is 18.0. The van der Waals surface area contributed by atoms with Crippen LogP contribution in [0.5, 0.6) is 40.2 Å². The van der Waals surface area contributed by atoms with Crippen molar-refractivity contribution in [2.45, 2.75) is 159 Å². The summed E-state index contributed by atoms with van der Waals surface area (Å²) in [5.74, 6) is -13.0. The fourth-order valence-electron chi connectivity index (χ4n) is 12.4. The van der Waals surface area contributed by atoms with Gasteiger partial charge in [-0.2, -0.15) is 0 Å². The molecule has 560 valence electrons. The molecule has 5 aromatic rings. The molecule has 104 heavy (non-hydrogen) atoms. The molecule has 0 aliphatic carbocycles. The predicted octanol–water partition coefficient (Wildman–Crippen LogP) is 1.76. The first kappa shape index (κ1) is 78.2. The summed E-state index contributed by atoms with van der Waals surface area (Å²) < 4.78 is 31.0. The molecule has 0 saturated carbocycles.